The summed E-state index contributed by atoms with van der Waals surface area (Å²) in [4.78, 5) is 39.3. The van der Waals surface area contributed by atoms with Crippen molar-refractivity contribution in [3.05, 3.63) is 0 Å². The van der Waals surface area contributed by atoms with Gasteiger partial charge in [0, 0.05) is 9.35 Å². The van der Waals surface area contributed by atoms with Crippen LogP contribution in [0.4, 0.5) is 0 Å². The van der Waals surface area contributed by atoms with Crippen molar-refractivity contribution in [3.8, 4) is 0 Å². The molecule has 0 bridgehead atoms. The second kappa shape index (κ2) is 16.6. The van der Waals surface area contributed by atoms with E-state index in [0.717, 1.165) is 38.5 Å². The zero-order valence-electron chi connectivity index (χ0n) is 16.8. The maximum Gasteiger partial charge on any atom is 0.450 e. The third-order valence-electron chi connectivity index (χ3n) is 4.38. The Balaban J connectivity index is 3.72. The van der Waals surface area contributed by atoms with E-state index in [4.69, 9.17) is 0 Å². The highest BCUT2D eigenvalue weighted by molar-refractivity contribution is 7.61. The molecule has 0 fully saturated rings. The molecule has 0 radical (unpaired) electrons. The zero-order chi connectivity index (χ0) is 19.7. The first-order valence-corrected chi connectivity index (χ1v) is 14.0. The fraction of sp³-hybridized carbons (Fsp3) is 1.00. The van der Waals surface area contributed by atoms with Gasteiger partial charge in [0.25, 0.3) is 0 Å². The van der Waals surface area contributed by atoms with E-state index in [1.165, 1.54) is 38.5 Å². The monoisotopic (exact) mass is 416 g/mol. The van der Waals surface area contributed by atoms with E-state index in [0.29, 0.717) is 12.8 Å². The van der Waals surface area contributed by atoms with Gasteiger partial charge < -0.3 is 0 Å². The van der Waals surface area contributed by atoms with Gasteiger partial charge in [0.2, 0.25) is 0 Å². The van der Waals surface area contributed by atoms with Crippen LogP contribution < -0.4 is 0 Å². The quantitative estimate of drug-likeness (QED) is 0.0901. The maximum atomic E-state index is 9.83. The zero-order valence-corrected chi connectivity index (χ0v) is 18.6. The Labute approximate surface area is 161 Å². The molecule has 0 saturated heterocycles. The Hall–Kier alpha value is 0.620. The summed E-state index contributed by atoms with van der Waals surface area (Å²) in [7, 11) is -7.34. The number of rotatable bonds is 19. The van der Waals surface area contributed by atoms with Crippen LogP contribution in [0.2, 0.25) is 0 Å². The molecule has 158 valence electrons. The van der Waals surface area contributed by atoms with Crippen molar-refractivity contribution in [2.24, 2.45) is 0 Å². The van der Waals surface area contributed by atoms with Crippen LogP contribution in [0.15, 0.2) is 0 Å². The molecule has 4 N–H and O–H groups in total. The van der Waals surface area contributed by atoms with E-state index in [-0.39, 0.29) is 12.3 Å². The number of hydrogen-bond donors (Lipinski definition) is 4. The lowest BCUT2D eigenvalue weighted by Crippen LogP contribution is -2.07. The molecule has 0 saturated carbocycles. The van der Waals surface area contributed by atoms with Gasteiger partial charge in [-0.1, -0.05) is 78.1 Å². The predicted octanol–water partition coefficient (Wildman–Crippen LogP) is 5.93. The van der Waals surface area contributed by atoms with Crippen LogP contribution in [0.1, 0.15) is 104 Å². The summed E-state index contributed by atoms with van der Waals surface area (Å²) in [5.41, 5.74) is 0. The van der Waals surface area contributed by atoms with Crippen LogP contribution in [0, 0.1) is 0 Å². The molecular weight excluding hydrogens is 374 g/mol. The fourth-order valence-electron chi connectivity index (χ4n) is 2.73. The van der Waals surface area contributed by atoms with E-state index in [9.17, 15) is 19.6 Å². The molecule has 0 aromatic heterocycles. The van der Waals surface area contributed by atoms with Gasteiger partial charge >= 0.3 is 15.9 Å². The number of unbranched alkanes of at least 4 members (excludes halogenated alkanes) is 12. The van der Waals surface area contributed by atoms with Crippen molar-refractivity contribution in [2.45, 2.75) is 104 Å². The van der Waals surface area contributed by atoms with Crippen molar-refractivity contribution in [1.82, 2.24) is 0 Å². The SMILES string of the molecule is CCCCCCCCC[P+](O)(O)OO[P+](O)(O)CCCCCCCCC. The first-order valence-electron chi connectivity index (χ1n) is 10.4. The summed E-state index contributed by atoms with van der Waals surface area (Å²) >= 11 is 0. The Bertz CT molecular complexity index is 286. The molecule has 8 heteroatoms. The first kappa shape index (κ1) is 26.6. The molecule has 0 amide bonds. The van der Waals surface area contributed by atoms with Crippen molar-refractivity contribution in [3.63, 3.8) is 0 Å². The summed E-state index contributed by atoms with van der Waals surface area (Å²) in [6.07, 6.45) is 15.1. The Kier molecular flexibility index (Phi) is 17.0. The molecule has 0 rings (SSSR count). The van der Waals surface area contributed by atoms with Crippen molar-refractivity contribution in [1.29, 1.82) is 0 Å². The number of hydrogen-bond acceptors (Lipinski definition) is 6. The summed E-state index contributed by atoms with van der Waals surface area (Å²) in [5, 5.41) is 0. The molecule has 0 atom stereocenters. The summed E-state index contributed by atoms with van der Waals surface area (Å²) in [5.74, 6) is 0. The van der Waals surface area contributed by atoms with Crippen LogP contribution >= 0.6 is 15.9 Å². The average molecular weight is 416 g/mol. The summed E-state index contributed by atoms with van der Waals surface area (Å²) < 4.78 is 9.24. The molecule has 0 spiro atoms. The van der Waals surface area contributed by atoms with Gasteiger partial charge in [-0.3, -0.25) is 0 Å². The largest absolute Gasteiger partial charge is 0.450 e. The molecular formula is C18H42O6P2+2. The van der Waals surface area contributed by atoms with Crippen LogP contribution in [0.3, 0.4) is 0 Å². The molecule has 0 aromatic carbocycles. The minimum absolute atomic E-state index is 0.0954. The fourth-order valence-corrected chi connectivity index (χ4v) is 5.01. The van der Waals surface area contributed by atoms with Gasteiger partial charge in [0.15, 0.2) is 0 Å². The first-order chi connectivity index (χ1) is 12.3. The predicted molar refractivity (Wildman–Crippen MR) is 111 cm³/mol. The second-order valence-electron chi connectivity index (χ2n) is 7.17. The van der Waals surface area contributed by atoms with Crippen molar-refractivity contribution in [2.75, 3.05) is 12.3 Å². The highest BCUT2D eigenvalue weighted by Crippen LogP contribution is 2.60. The average Bonchev–Trinajstić information content (AvgIpc) is 2.59. The minimum atomic E-state index is -3.67. The third-order valence-corrected chi connectivity index (χ3v) is 6.92. The van der Waals surface area contributed by atoms with E-state index >= 15 is 0 Å². The Morgan fingerprint density at radius 2 is 0.731 bits per heavy atom. The van der Waals surface area contributed by atoms with E-state index < -0.39 is 15.9 Å². The van der Waals surface area contributed by atoms with Gasteiger partial charge in [-0.2, -0.15) is 19.6 Å². The van der Waals surface area contributed by atoms with Crippen molar-refractivity contribution < 1.29 is 28.9 Å². The van der Waals surface area contributed by atoms with Crippen LogP contribution in [0.25, 0.3) is 0 Å². The molecule has 0 aromatic rings. The van der Waals surface area contributed by atoms with E-state index in [2.05, 4.69) is 23.2 Å². The molecule has 6 nitrogen and oxygen atoms in total. The third kappa shape index (κ3) is 18.0. The van der Waals surface area contributed by atoms with Gasteiger partial charge in [-0.25, -0.2) is 0 Å². The maximum absolute atomic E-state index is 9.83. The van der Waals surface area contributed by atoms with Gasteiger partial charge in [-0.05, 0) is 25.7 Å². The highest BCUT2D eigenvalue weighted by Gasteiger charge is 2.47. The lowest BCUT2D eigenvalue weighted by molar-refractivity contribution is -0.134. The summed E-state index contributed by atoms with van der Waals surface area (Å²) in [6.45, 7) is 4.35. The lowest BCUT2D eigenvalue weighted by atomic mass is 10.1. The molecule has 0 aliphatic rings. The molecule has 0 heterocycles. The van der Waals surface area contributed by atoms with E-state index in [1.807, 2.05) is 0 Å². The Morgan fingerprint density at radius 1 is 0.462 bits per heavy atom. The van der Waals surface area contributed by atoms with Crippen LogP contribution in [-0.4, -0.2) is 31.9 Å². The molecule has 0 aliphatic heterocycles. The lowest BCUT2D eigenvalue weighted by Gasteiger charge is -2.12. The van der Waals surface area contributed by atoms with Gasteiger partial charge in [0.05, 0.1) is 0 Å². The normalized spacial score (nSPS) is 12.7. The highest BCUT2D eigenvalue weighted by atomic mass is 31.2. The van der Waals surface area contributed by atoms with Crippen molar-refractivity contribution >= 4 is 15.9 Å². The topological polar surface area (TPSA) is 99.4 Å². The Morgan fingerprint density at radius 3 is 1.04 bits per heavy atom. The molecule has 26 heavy (non-hydrogen) atoms. The van der Waals surface area contributed by atoms with Gasteiger partial charge in [-0.15, -0.1) is 0 Å². The molecule has 0 unspecified atom stereocenters. The van der Waals surface area contributed by atoms with Crippen LogP contribution in [0.5, 0.6) is 0 Å². The van der Waals surface area contributed by atoms with Gasteiger partial charge in [0.1, 0.15) is 12.3 Å². The van der Waals surface area contributed by atoms with Crippen LogP contribution in [-0.2, 0) is 9.35 Å². The smallest absolute Gasteiger partial charge is 0.190 e. The summed E-state index contributed by atoms with van der Waals surface area (Å²) in [6, 6.07) is 0. The minimum Gasteiger partial charge on any atom is -0.190 e. The second-order valence-corrected chi connectivity index (χ2v) is 11.0. The molecule has 0 aliphatic carbocycles. The van der Waals surface area contributed by atoms with E-state index in [1.54, 1.807) is 0 Å². The standard InChI is InChI=1S/C18H42O6P2/c1-3-5-7-9-11-13-15-17-25(19,20)23-24-26(21,22)18-16-14-12-10-8-6-4-2/h19-22H,3-18H2,1-2H3/q+2.